The van der Waals surface area contributed by atoms with Crippen molar-refractivity contribution in [3.05, 3.63) is 66.3 Å². The second kappa shape index (κ2) is 7.44. The molecule has 4 aromatic rings. The molecule has 9 heteroatoms. The van der Waals surface area contributed by atoms with Crippen LogP contribution in [0.4, 0.5) is 14.9 Å². The Morgan fingerprint density at radius 2 is 1.88 bits per heavy atom. The van der Waals surface area contributed by atoms with E-state index >= 15 is 0 Å². The largest absolute Gasteiger partial charge is 0.423 e. The quantitative estimate of drug-likeness (QED) is 0.471. The maximum atomic E-state index is 14.3. The lowest BCUT2D eigenvalue weighted by Gasteiger charge is -2.21. The van der Waals surface area contributed by atoms with Gasteiger partial charge < -0.3 is 9.32 Å². The minimum atomic E-state index is -0.354. The fourth-order valence-corrected chi connectivity index (χ4v) is 4.35. The average Bonchev–Trinajstić information content (AvgIpc) is 3.47. The van der Waals surface area contributed by atoms with Crippen molar-refractivity contribution < 1.29 is 13.6 Å². The monoisotopic (exact) mass is 432 g/mol. The molecular formula is C23H21FN6O2. The maximum Gasteiger partial charge on any atom is 0.325 e. The summed E-state index contributed by atoms with van der Waals surface area (Å²) in [5.41, 5.74) is 1.85. The molecular weight excluding hydrogens is 411 g/mol. The van der Waals surface area contributed by atoms with Crippen molar-refractivity contribution in [2.45, 2.75) is 31.7 Å². The fourth-order valence-electron chi connectivity index (χ4n) is 4.35. The van der Waals surface area contributed by atoms with E-state index in [1.54, 1.807) is 38.9 Å². The molecule has 1 saturated heterocycles. The standard InChI is InChI=1S/C23H21FN6O2/c24-17-7-1-2-8-20(17)30-19-10-4-9-18(16(19)13-25-30)29-12-11-28(23(29)31)14-21-26-27-22(32-21)15-5-3-6-15/h1-2,4,7-10,13,15H,3,5-6,11-12,14H2. The number of para-hydroxylation sites is 1. The van der Waals surface area contributed by atoms with Crippen molar-refractivity contribution in [1.82, 2.24) is 24.9 Å². The van der Waals surface area contributed by atoms with E-state index in [9.17, 15) is 9.18 Å². The second-order valence-corrected chi connectivity index (χ2v) is 8.24. The first kappa shape index (κ1) is 19.0. The Kier molecular flexibility index (Phi) is 4.41. The molecule has 1 saturated carbocycles. The highest BCUT2D eigenvalue weighted by Crippen LogP contribution is 2.36. The third kappa shape index (κ3) is 3.04. The molecule has 0 bridgehead atoms. The van der Waals surface area contributed by atoms with Gasteiger partial charge in [-0.05, 0) is 37.1 Å². The predicted molar refractivity (Wildman–Crippen MR) is 115 cm³/mol. The van der Waals surface area contributed by atoms with E-state index in [1.807, 2.05) is 18.2 Å². The predicted octanol–water partition coefficient (Wildman–Crippen LogP) is 4.26. The Morgan fingerprint density at radius 1 is 1.03 bits per heavy atom. The minimum absolute atomic E-state index is 0.125. The number of rotatable bonds is 5. The van der Waals surface area contributed by atoms with Crippen LogP contribution in [0.25, 0.3) is 16.6 Å². The Balaban J connectivity index is 1.26. The number of urea groups is 1. The highest BCUT2D eigenvalue weighted by Gasteiger charge is 2.33. The van der Waals surface area contributed by atoms with Gasteiger partial charge in [0.05, 0.1) is 17.4 Å². The van der Waals surface area contributed by atoms with Crippen LogP contribution in [0.1, 0.15) is 37.0 Å². The molecule has 1 aliphatic heterocycles. The van der Waals surface area contributed by atoms with Gasteiger partial charge in [0.1, 0.15) is 18.0 Å². The second-order valence-electron chi connectivity index (χ2n) is 8.24. The molecule has 6 rings (SSSR count). The lowest BCUT2D eigenvalue weighted by Crippen LogP contribution is -2.31. The van der Waals surface area contributed by atoms with E-state index in [0.717, 1.165) is 29.4 Å². The van der Waals surface area contributed by atoms with Crippen molar-refractivity contribution in [2.24, 2.45) is 0 Å². The van der Waals surface area contributed by atoms with E-state index in [4.69, 9.17) is 4.42 Å². The summed E-state index contributed by atoms with van der Waals surface area (Å²) in [6.07, 6.45) is 5.04. The number of amides is 2. The summed E-state index contributed by atoms with van der Waals surface area (Å²) in [7, 11) is 0. The Labute approximate surface area is 183 Å². The van der Waals surface area contributed by atoms with Crippen molar-refractivity contribution in [1.29, 1.82) is 0 Å². The van der Waals surface area contributed by atoms with Crippen molar-refractivity contribution in [3.63, 3.8) is 0 Å². The zero-order valence-corrected chi connectivity index (χ0v) is 17.3. The van der Waals surface area contributed by atoms with Gasteiger partial charge in [0.15, 0.2) is 0 Å². The molecule has 162 valence electrons. The number of hydrogen-bond donors (Lipinski definition) is 0. The molecule has 0 radical (unpaired) electrons. The van der Waals surface area contributed by atoms with Gasteiger partial charge in [0.2, 0.25) is 11.8 Å². The molecule has 0 atom stereocenters. The number of anilines is 1. The molecule has 3 heterocycles. The summed E-state index contributed by atoms with van der Waals surface area (Å²) in [5.74, 6) is 1.16. The molecule has 2 fully saturated rings. The maximum absolute atomic E-state index is 14.3. The number of fused-ring (bicyclic) bond motifs is 1. The van der Waals surface area contributed by atoms with Crippen LogP contribution in [0.3, 0.4) is 0 Å². The van der Waals surface area contributed by atoms with E-state index in [1.165, 1.54) is 12.5 Å². The number of carbonyl (C=O) groups is 1. The van der Waals surface area contributed by atoms with E-state index in [2.05, 4.69) is 15.3 Å². The van der Waals surface area contributed by atoms with Crippen LogP contribution in [0, 0.1) is 5.82 Å². The zero-order valence-electron chi connectivity index (χ0n) is 17.3. The smallest absolute Gasteiger partial charge is 0.325 e. The van der Waals surface area contributed by atoms with E-state index in [0.29, 0.717) is 43.0 Å². The first-order chi connectivity index (χ1) is 15.7. The SMILES string of the molecule is O=C1N(Cc2nnc(C3CCC3)o2)CCN1c1cccc2c1cnn2-c1ccccc1F. The number of halogens is 1. The first-order valence-electron chi connectivity index (χ1n) is 10.8. The highest BCUT2D eigenvalue weighted by molar-refractivity contribution is 6.03. The summed E-state index contributed by atoms with van der Waals surface area (Å²) in [5, 5.41) is 13.5. The van der Waals surface area contributed by atoms with Crippen LogP contribution >= 0.6 is 0 Å². The van der Waals surface area contributed by atoms with Crippen LogP contribution in [0.15, 0.2) is 53.1 Å². The van der Waals surface area contributed by atoms with Crippen LogP contribution in [0.2, 0.25) is 0 Å². The van der Waals surface area contributed by atoms with Crippen molar-refractivity contribution in [3.8, 4) is 5.69 Å². The molecule has 2 aromatic heterocycles. The summed E-state index contributed by atoms with van der Waals surface area (Å²) < 4.78 is 21.7. The van der Waals surface area contributed by atoms with Gasteiger partial charge in [0, 0.05) is 24.4 Å². The van der Waals surface area contributed by atoms with Gasteiger partial charge in [-0.2, -0.15) is 5.10 Å². The lowest BCUT2D eigenvalue weighted by molar-refractivity contribution is 0.212. The van der Waals surface area contributed by atoms with Gasteiger partial charge in [0.25, 0.3) is 0 Å². The molecule has 8 nitrogen and oxygen atoms in total. The zero-order chi connectivity index (χ0) is 21.7. The Morgan fingerprint density at radius 3 is 2.69 bits per heavy atom. The summed E-state index contributed by atoms with van der Waals surface area (Å²) >= 11 is 0. The summed E-state index contributed by atoms with van der Waals surface area (Å²) in [6.45, 7) is 1.38. The number of benzene rings is 2. The van der Waals surface area contributed by atoms with Crippen LogP contribution in [0.5, 0.6) is 0 Å². The Hall–Kier alpha value is -3.75. The highest BCUT2D eigenvalue weighted by atomic mass is 19.1. The average molecular weight is 432 g/mol. The van der Waals surface area contributed by atoms with Crippen molar-refractivity contribution >= 4 is 22.6 Å². The van der Waals surface area contributed by atoms with Crippen molar-refractivity contribution in [2.75, 3.05) is 18.0 Å². The van der Waals surface area contributed by atoms with Crippen LogP contribution in [-0.2, 0) is 6.54 Å². The Bertz CT molecular complexity index is 1310. The van der Waals surface area contributed by atoms with E-state index in [-0.39, 0.29) is 11.8 Å². The number of nitrogens with zero attached hydrogens (tertiary/aromatic N) is 6. The molecule has 32 heavy (non-hydrogen) atoms. The molecule has 0 N–H and O–H groups in total. The lowest BCUT2D eigenvalue weighted by atomic mass is 9.85. The number of aromatic nitrogens is 4. The minimum Gasteiger partial charge on any atom is -0.423 e. The van der Waals surface area contributed by atoms with Crippen LogP contribution in [-0.4, -0.2) is 44.0 Å². The number of carbonyl (C=O) groups excluding carboxylic acids is 1. The van der Waals surface area contributed by atoms with Gasteiger partial charge in [-0.25, -0.2) is 13.9 Å². The topological polar surface area (TPSA) is 80.3 Å². The third-order valence-electron chi connectivity index (χ3n) is 6.32. The van der Waals surface area contributed by atoms with E-state index < -0.39 is 0 Å². The molecule has 2 aromatic carbocycles. The molecule has 2 amide bonds. The van der Waals surface area contributed by atoms with Crippen LogP contribution < -0.4 is 4.90 Å². The van der Waals surface area contributed by atoms with Gasteiger partial charge >= 0.3 is 6.03 Å². The molecule has 0 unspecified atom stereocenters. The molecule has 2 aliphatic rings. The third-order valence-corrected chi connectivity index (χ3v) is 6.32. The molecule has 1 aliphatic carbocycles. The summed E-state index contributed by atoms with van der Waals surface area (Å²) in [6, 6.07) is 12.0. The van der Waals surface area contributed by atoms with Gasteiger partial charge in [-0.1, -0.05) is 24.6 Å². The van der Waals surface area contributed by atoms with Gasteiger partial charge in [-0.15, -0.1) is 10.2 Å². The van der Waals surface area contributed by atoms with Gasteiger partial charge in [-0.3, -0.25) is 4.90 Å². The normalized spacial score (nSPS) is 16.8. The number of hydrogen-bond acceptors (Lipinski definition) is 5. The molecule has 0 spiro atoms. The summed E-state index contributed by atoms with van der Waals surface area (Å²) in [4.78, 5) is 16.6. The first-order valence-corrected chi connectivity index (χ1v) is 10.8. The fraction of sp³-hybridized carbons (Fsp3) is 0.304.